The third kappa shape index (κ3) is 5.30. The van der Waals surface area contributed by atoms with Crippen LogP contribution in [0.2, 0.25) is 5.02 Å². The second-order valence-corrected chi connectivity index (χ2v) is 8.62. The lowest BCUT2D eigenvalue weighted by Crippen LogP contribution is -2.65. The predicted octanol–water partition coefficient (Wildman–Crippen LogP) is 1.49. The van der Waals surface area contributed by atoms with Gasteiger partial charge < -0.3 is 15.4 Å². The molecule has 2 fully saturated rings. The molecule has 14 heteroatoms. The zero-order valence-electron chi connectivity index (χ0n) is 17.5. The first-order chi connectivity index (χ1) is 16.1. The molecule has 34 heavy (non-hydrogen) atoms. The van der Waals surface area contributed by atoms with Crippen molar-refractivity contribution in [3.8, 4) is 11.8 Å². The third-order valence-corrected chi connectivity index (χ3v) is 5.79. The molecule has 0 radical (unpaired) electrons. The number of carbonyl (C=O) groups excluding carboxylic acids is 2. The molecule has 1 aromatic carbocycles. The summed E-state index contributed by atoms with van der Waals surface area (Å²) in [5.41, 5.74) is -2.50. The highest BCUT2D eigenvalue weighted by Gasteiger charge is 2.50. The van der Waals surface area contributed by atoms with E-state index in [1.54, 1.807) is 0 Å². The van der Waals surface area contributed by atoms with Gasteiger partial charge in [0.05, 0.1) is 23.3 Å². The molecule has 1 aromatic heterocycles. The summed E-state index contributed by atoms with van der Waals surface area (Å²) in [5.74, 6) is -1.32. The van der Waals surface area contributed by atoms with Gasteiger partial charge in [-0.15, -0.1) is 18.3 Å². The van der Waals surface area contributed by atoms with E-state index in [0.717, 1.165) is 6.07 Å². The first kappa shape index (κ1) is 23.9. The van der Waals surface area contributed by atoms with Crippen molar-refractivity contribution in [3.63, 3.8) is 0 Å². The maximum atomic E-state index is 12.9. The fourth-order valence-electron chi connectivity index (χ4n) is 3.48. The summed E-state index contributed by atoms with van der Waals surface area (Å²) in [4.78, 5) is 26.6. The van der Waals surface area contributed by atoms with E-state index >= 15 is 0 Å². The second kappa shape index (κ2) is 8.86. The van der Waals surface area contributed by atoms with Gasteiger partial charge in [-0.1, -0.05) is 17.7 Å². The van der Waals surface area contributed by atoms with Crippen LogP contribution < -0.4 is 20.7 Å². The Bertz CT molecular complexity index is 1140. The second-order valence-electron chi connectivity index (χ2n) is 8.21. The number of hydrogen-bond donors (Lipinski definition) is 3. The van der Waals surface area contributed by atoms with Gasteiger partial charge in [0.2, 0.25) is 0 Å². The third-order valence-electron chi connectivity index (χ3n) is 5.50. The van der Waals surface area contributed by atoms with E-state index < -0.39 is 29.2 Å². The minimum Gasteiger partial charge on any atom is -0.404 e. The summed E-state index contributed by atoms with van der Waals surface area (Å²) in [5, 5.41) is 25.9. The van der Waals surface area contributed by atoms with Crippen LogP contribution in [-0.4, -0.2) is 57.8 Å². The molecule has 1 saturated carbocycles. The zero-order valence-corrected chi connectivity index (χ0v) is 18.3. The molecule has 1 amide bonds. The van der Waals surface area contributed by atoms with E-state index in [-0.39, 0.29) is 23.2 Å². The number of nitriles is 1. The van der Waals surface area contributed by atoms with Crippen LogP contribution in [0, 0.1) is 11.3 Å². The molecule has 1 atom stereocenters. The van der Waals surface area contributed by atoms with E-state index in [1.807, 2.05) is 0 Å². The summed E-state index contributed by atoms with van der Waals surface area (Å²) in [6.45, 7) is 1.32. The highest BCUT2D eigenvalue weighted by Crippen LogP contribution is 2.37. The molecule has 2 aliphatic rings. The van der Waals surface area contributed by atoms with Crippen LogP contribution in [0.1, 0.15) is 34.9 Å². The topological polar surface area (TPSA) is 134 Å². The number of rotatable bonds is 9. The number of ether oxygens (including phenoxy) is 1. The van der Waals surface area contributed by atoms with Gasteiger partial charge in [-0.25, -0.2) is 0 Å². The largest absolute Gasteiger partial charge is 0.573 e. The van der Waals surface area contributed by atoms with Gasteiger partial charge in [-0.2, -0.15) is 15.2 Å². The van der Waals surface area contributed by atoms with Crippen molar-refractivity contribution >= 4 is 23.8 Å². The van der Waals surface area contributed by atoms with Crippen molar-refractivity contribution < 1.29 is 27.5 Å². The van der Waals surface area contributed by atoms with Crippen molar-refractivity contribution in [2.45, 2.75) is 42.9 Å². The Balaban J connectivity index is 1.58. The Labute approximate surface area is 196 Å². The minimum atomic E-state index is -4.93. The number of aldehydes is 1. The van der Waals surface area contributed by atoms with Crippen LogP contribution in [0.25, 0.3) is 0 Å². The van der Waals surface area contributed by atoms with Crippen LogP contribution in [0.3, 0.4) is 0 Å². The molecule has 2 aromatic rings. The van der Waals surface area contributed by atoms with Gasteiger partial charge >= 0.3 is 6.36 Å². The Morgan fingerprint density at radius 2 is 2.15 bits per heavy atom. The molecule has 180 valence electrons. The van der Waals surface area contributed by atoms with Crippen molar-refractivity contribution in [2.75, 3.05) is 13.1 Å². The van der Waals surface area contributed by atoms with E-state index in [1.165, 1.54) is 23.1 Å². The first-order valence-electron chi connectivity index (χ1n) is 10.2. The molecule has 0 spiro atoms. The quantitative estimate of drug-likeness (QED) is 0.350. The molecule has 0 bridgehead atoms. The molecule has 10 nitrogen and oxygen atoms in total. The van der Waals surface area contributed by atoms with Gasteiger partial charge in [0.1, 0.15) is 11.3 Å². The zero-order chi connectivity index (χ0) is 24.6. The lowest BCUT2D eigenvalue weighted by molar-refractivity contribution is -0.274. The number of carbonyl (C=O) groups is 2. The van der Waals surface area contributed by atoms with Gasteiger partial charge in [-0.05, 0) is 30.5 Å². The summed E-state index contributed by atoms with van der Waals surface area (Å²) >= 11 is 5.93. The van der Waals surface area contributed by atoms with E-state index in [9.17, 15) is 28.0 Å². The number of amides is 1. The number of nitrogens with one attached hydrogen (secondary N) is 3. The van der Waals surface area contributed by atoms with E-state index in [0.29, 0.717) is 37.8 Å². The summed E-state index contributed by atoms with van der Waals surface area (Å²) in [6.07, 6.45) is -2.52. The summed E-state index contributed by atoms with van der Waals surface area (Å²) in [6, 6.07) is 5.60. The first-order valence-corrected chi connectivity index (χ1v) is 10.6. The van der Waals surface area contributed by atoms with Crippen molar-refractivity contribution in [2.24, 2.45) is 0 Å². The molecule has 4 rings (SSSR count). The highest BCUT2D eigenvalue weighted by atomic mass is 35.5. The van der Waals surface area contributed by atoms with Gasteiger partial charge in [0.15, 0.2) is 17.6 Å². The molecular weight excluding hydrogens is 479 g/mol. The molecular formula is C20H19ClF3N7O3. The molecule has 0 unspecified atom stereocenters. The molecule has 1 aliphatic heterocycles. The molecule has 2 heterocycles. The number of halogens is 4. The maximum Gasteiger partial charge on any atom is 0.573 e. The van der Waals surface area contributed by atoms with E-state index in [2.05, 4.69) is 37.0 Å². The van der Waals surface area contributed by atoms with Crippen LogP contribution in [0.4, 0.5) is 13.2 Å². The number of benzene rings is 1. The smallest absolute Gasteiger partial charge is 0.404 e. The van der Waals surface area contributed by atoms with Crippen LogP contribution in [0.15, 0.2) is 24.4 Å². The lowest BCUT2D eigenvalue weighted by Gasteiger charge is -2.32. The SMILES string of the molecule is N#CC1(N[C@@](C=O)(Cc2ccc(OC(F)(F)F)c(Cl)c2)NC(=O)c2cnn(C3CNC3)n2)CC1. The fraction of sp³-hybridized carbons (Fsp3) is 0.450. The Morgan fingerprint density at radius 3 is 2.68 bits per heavy atom. The lowest BCUT2D eigenvalue weighted by atomic mass is 9.98. The molecule has 1 aliphatic carbocycles. The predicted molar refractivity (Wildman–Crippen MR) is 111 cm³/mol. The summed E-state index contributed by atoms with van der Waals surface area (Å²) < 4.78 is 41.4. The monoisotopic (exact) mass is 497 g/mol. The van der Waals surface area contributed by atoms with Gasteiger partial charge in [0.25, 0.3) is 5.91 Å². The van der Waals surface area contributed by atoms with Crippen molar-refractivity contribution in [3.05, 3.63) is 40.7 Å². The van der Waals surface area contributed by atoms with Gasteiger partial charge in [0, 0.05) is 19.5 Å². The molecule has 1 saturated heterocycles. The average Bonchev–Trinajstić information content (AvgIpc) is 3.33. The van der Waals surface area contributed by atoms with Gasteiger partial charge in [-0.3, -0.25) is 14.9 Å². The Kier molecular flexibility index (Phi) is 6.24. The minimum absolute atomic E-state index is 0.0170. The normalized spacial score (nSPS) is 18.8. The number of alkyl halides is 3. The van der Waals surface area contributed by atoms with Crippen LogP contribution >= 0.6 is 11.6 Å². The van der Waals surface area contributed by atoms with Crippen LogP contribution in [-0.2, 0) is 11.2 Å². The number of hydrogen-bond acceptors (Lipinski definition) is 8. The van der Waals surface area contributed by atoms with Crippen molar-refractivity contribution in [1.29, 1.82) is 5.26 Å². The maximum absolute atomic E-state index is 12.9. The molecule has 3 N–H and O–H groups in total. The van der Waals surface area contributed by atoms with E-state index in [4.69, 9.17) is 11.6 Å². The standard InChI is InChI=1S/C20H19ClF3N7O3/c21-14-5-12(1-2-16(14)34-20(22,23)24)6-19(11-32,30-18(10-25)3-4-18)28-17(33)15-9-27-31(29-15)13-7-26-8-13/h1-2,5,9,11,13,26,30H,3-4,6-8H2,(H,28,33)/t19-/m1/s1. The fourth-order valence-corrected chi connectivity index (χ4v) is 3.72. The summed E-state index contributed by atoms with van der Waals surface area (Å²) in [7, 11) is 0. The number of nitrogens with zero attached hydrogens (tertiary/aromatic N) is 4. The average molecular weight is 498 g/mol. The highest BCUT2D eigenvalue weighted by molar-refractivity contribution is 6.32. The van der Waals surface area contributed by atoms with Crippen molar-refractivity contribution in [1.82, 2.24) is 30.9 Å². The van der Waals surface area contributed by atoms with Crippen LogP contribution in [0.5, 0.6) is 5.75 Å². The Morgan fingerprint density at radius 1 is 1.41 bits per heavy atom. The Hall–Kier alpha value is -3.21. The number of aromatic nitrogens is 3.